The fourth-order valence-corrected chi connectivity index (χ4v) is 1.11. The SMILES string of the molecule is C1=NCCN1[n+]1ccccc1. The molecular weight excluding hydrogens is 138 g/mol. The monoisotopic (exact) mass is 148 g/mol. The van der Waals surface area contributed by atoms with Crippen LogP contribution in [0.25, 0.3) is 0 Å². The lowest BCUT2D eigenvalue weighted by atomic mass is 10.5. The molecular formula is C8H10N3+. The van der Waals surface area contributed by atoms with Crippen LogP contribution in [0.1, 0.15) is 0 Å². The van der Waals surface area contributed by atoms with E-state index in [9.17, 15) is 0 Å². The number of hydrogen-bond acceptors (Lipinski definition) is 2. The first kappa shape index (κ1) is 6.34. The molecule has 0 bridgehead atoms. The quantitative estimate of drug-likeness (QED) is 0.511. The minimum atomic E-state index is 0.905. The van der Waals surface area contributed by atoms with Crippen LogP contribution in [0.2, 0.25) is 0 Å². The molecule has 0 unspecified atom stereocenters. The van der Waals surface area contributed by atoms with Gasteiger partial charge in [-0.1, -0.05) is 10.7 Å². The lowest BCUT2D eigenvalue weighted by molar-refractivity contribution is -0.679. The third-order valence-corrected chi connectivity index (χ3v) is 1.67. The Kier molecular flexibility index (Phi) is 1.55. The summed E-state index contributed by atoms with van der Waals surface area (Å²) in [5.74, 6) is 0. The van der Waals surface area contributed by atoms with Gasteiger partial charge < -0.3 is 0 Å². The molecule has 3 nitrogen and oxygen atoms in total. The Bertz CT molecular complexity index is 255. The normalized spacial score (nSPS) is 15.8. The Morgan fingerprint density at radius 3 is 2.64 bits per heavy atom. The molecule has 56 valence electrons. The fourth-order valence-electron chi connectivity index (χ4n) is 1.11. The predicted molar refractivity (Wildman–Crippen MR) is 43.1 cm³/mol. The molecule has 2 rings (SSSR count). The maximum Gasteiger partial charge on any atom is 0.200 e. The highest BCUT2D eigenvalue weighted by molar-refractivity contribution is 5.66. The van der Waals surface area contributed by atoms with Crippen LogP contribution in [0.4, 0.5) is 0 Å². The number of nitrogens with zero attached hydrogens (tertiary/aromatic N) is 3. The molecule has 1 aromatic heterocycles. The van der Waals surface area contributed by atoms with Crippen molar-refractivity contribution < 1.29 is 4.68 Å². The molecule has 1 aliphatic heterocycles. The molecule has 0 spiro atoms. The van der Waals surface area contributed by atoms with Gasteiger partial charge in [0.25, 0.3) is 0 Å². The molecule has 3 heteroatoms. The van der Waals surface area contributed by atoms with Crippen molar-refractivity contribution in [2.45, 2.75) is 0 Å². The summed E-state index contributed by atoms with van der Waals surface area (Å²) in [6.07, 6.45) is 5.88. The number of rotatable bonds is 1. The van der Waals surface area contributed by atoms with E-state index in [1.54, 1.807) is 0 Å². The highest BCUT2D eigenvalue weighted by Gasteiger charge is 2.12. The molecule has 11 heavy (non-hydrogen) atoms. The van der Waals surface area contributed by atoms with Crippen molar-refractivity contribution in [3.8, 4) is 0 Å². The van der Waals surface area contributed by atoms with Crippen molar-refractivity contribution in [1.82, 2.24) is 0 Å². The minimum absolute atomic E-state index is 0.905. The molecule has 0 atom stereocenters. The lowest BCUT2D eigenvalue weighted by Gasteiger charge is -2.04. The van der Waals surface area contributed by atoms with E-state index in [1.165, 1.54) is 0 Å². The van der Waals surface area contributed by atoms with Gasteiger partial charge in [0.05, 0.1) is 13.1 Å². The zero-order valence-corrected chi connectivity index (χ0v) is 6.22. The maximum absolute atomic E-state index is 4.12. The Balaban J connectivity index is 2.23. The van der Waals surface area contributed by atoms with Crippen LogP contribution in [0, 0.1) is 0 Å². The Labute approximate surface area is 65.6 Å². The second kappa shape index (κ2) is 2.70. The second-order valence-electron chi connectivity index (χ2n) is 2.44. The highest BCUT2D eigenvalue weighted by Crippen LogP contribution is 1.85. The first-order valence-electron chi connectivity index (χ1n) is 3.70. The van der Waals surface area contributed by atoms with Gasteiger partial charge in [-0.2, -0.15) is 0 Å². The molecule has 0 amide bonds. The third-order valence-electron chi connectivity index (χ3n) is 1.67. The topological polar surface area (TPSA) is 19.5 Å². The van der Waals surface area contributed by atoms with Crippen LogP contribution < -0.4 is 9.69 Å². The molecule has 0 saturated heterocycles. The van der Waals surface area contributed by atoms with Gasteiger partial charge in [0.2, 0.25) is 0 Å². The Hall–Kier alpha value is -1.38. The van der Waals surface area contributed by atoms with E-state index in [1.807, 2.05) is 41.6 Å². The summed E-state index contributed by atoms with van der Waals surface area (Å²) < 4.78 is 2.02. The molecule has 1 aromatic rings. The van der Waals surface area contributed by atoms with Crippen molar-refractivity contribution in [1.29, 1.82) is 0 Å². The van der Waals surface area contributed by atoms with Crippen molar-refractivity contribution in [2.75, 3.05) is 18.1 Å². The molecule has 0 radical (unpaired) electrons. The maximum atomic E-state index is 4.12. The van der Waals surface area contributed by atoms with Crippen LogP contribution in [-0.4, -0.2) is 19.4 Å². The van der Waals surface area contributed by atoms with E-state index in [0.29, 0.717) is 0 Å². The third kappa shape index (κ3) is 1.22. The Morgan fingerprint density at radius 1 is 1.18 bits per heavy atom. The number of hydrogen-bond donors (Lipinski definition) is 0. The summed E-state index contributed by atoms with van der Waals surface area (Å²) in [5, 5.41) is 2.07. The highest BCUT2D eigenvalue weighted by atomic mass is 15.6. The van der Waals surface area contributed by atoms with Crippen molar-refractivity contribution in [3.05, 3.63) is 30.6 Å². The summed E-state index contributed by atoms with van der Waals surface area (Å²) >= 11 is 0. The van der Waals surface area contributed by atoms with Gasteiger partial charge in [0.1, 0.15) is 6.34 Å². The predicted octanol–water partition coefficient (Wildman–Crippen LogP) is -0.0460. The van der Waals surface area contributed by atoms with Gasteiger partial charge in [-0.25, -0.2) is 0 Å². The number of aromatic nitrogens is 1. The Morgan fingerprint density at radius 2 is 2.00 bits per heavy atom. The molecule has 0 N–H and O–H groups in total. The average Bonchev–Trinajstić information content (AvgIpc) is 2.58. The van der Waals surface area contributed by atoms with Crippen LogP contribution in [-0.2, 0) is 0 Å². The molecule has 2 heterocycles. The van der Waals surface area contributed by atoms with Gasteiger partial charge >= 0.3 is 0 Å². The van der Waals surface area contributed by atoms with Gasteiger partial charge in [-0.15, -0.1) is 5.01 Å². The summed E-state index contributed by atoms with van der Waals surface area (Å²) in [4.78, 5) is 4.12. The summed E-state index contributed by atoms with van der Waals surface area (Å²) in [7, 11) is 0. The molecule has 1 aliphatic rings. The zero-order chi connectivity index (χ0) is 7.52. The second-order valence-corrected chi connectivity index (χ2v) is 2.44. The smallest absolute Gasteiger partial charge is 0.200 e. The van der Waals surface area contributed by atoms with E-state index >= 15 is 0 Å². The van der Waals surface area contributed by atoms with E-state index in [4.69, 9.17) is 0 Å². The van der Waals surface area contributed by atoms with Gasteiger partial charge in [0, 0.05) is 12.1 Å². The van der Waals surface area contributed by atoms with E-state index in [0.717, 1.165) is 13.1 Å². The minimum Gasteiger partial charge on any atom is -0.268 e. The molecule has 0 fully saturated rings. The molecule has 0 saturated carbocycles. The summed E-state index contributed by atoms with van der Waals surface area (Å²) in [6, 6.07) is 6.02. The lowest BCUT2D eigenvalue weighted by Crippen LogP contribution is -2.55. The number of pyridine rings is 1. The van der Waals surface area contributed by atoms with Crippen molar-refractivity contribution in [2.24, 2.45) is 4.99 Å². The first-order chi connectivity index (χ1) is 5.47. The van der Waals surface area contributed by atoms with E-state index in [-0.39, 0.29) is 0 Å². The molecule has 0 aliphatic carbocycles. The average molecular weight is 148 g/mol. The van der Waals surface area contributed by atoms with Gasteiger partial charge in [-0.05, 0) is 0 Å². The van der Waals surface area contributed by atoms with Crippen LogP contribution >= 0.6 is 0 Å². The van der Waals surface area contributed by atoms with Crippen molar-refractivity contribution >= 4 is 6.34 Å². The van der Waals surface area contributed by atoms with Crippen LogP contribution in [0.3, 0.4) is 0 Å². The van der Waals surface area contributed by atoms with Crippen LogP contribution in [0.5, 0.6) is 0 Å². The van der Waals surface area contributed by atoms with E-state index in [2.05, 4.69) is 10.0 Å². The number of aliphatic imine (C=N–C) groups is 1. The van der Waals surface area contributed by atoms with Gasteiger partial charge in [-0.3, -0.25) is 4.99 Å². The summed E-state index contributed by atoms with van der Waals surface area (Å²) in [5.41, 5.74) is 0. The zero-order valence-electron chi connectivity index (χ0n) is 6.22. The first-order valence-corrected chi connectivity index (χ1v) is 3.70. The van der Waals surface area contributed by atoms with Crippen LogP contribution in [0.15, 0.2) is 35.6 Å². The van der Waals surface area contributed by atoms with E-state index < -0.39 is 0 Å². The largest absolute Gasteiger partial charge is 0.268 e. The fraction of sp³-hybridized carbons (Fsp3) is 0.250. The van der Waals surface area contributed by atoms with Gasteiger partial charge in [0.15, 0.2) is 12.4 Å². The standard InChI is InChI=1S/C8H10N3/c1-2-5-10(6-3-1)11-7-4-9-8-11/h1-3,5-6,8H,4,7H2/q+1. The van der Waals surface area contributed by atoms with Crippen molar-refractivity contribution in [3.63, 3.8) is 0 Å². The summed E-state index contributed by atoms with van der Waals surface area (Å²) in [6.45, 7) is 1.89. The molecule has 0 aromatic carbocycles.